The summed E-state index contributed by atoms with van der Waals surface area (Å²) in [5.74, 6) is 0.661. The number of hydrogen-bond acceptors (Lipinski definition) is 3. The first-order chi connectivity index (χ1) is 9.47. The van der Waals surface area contributed by atoms with Gasteiger partial charge in [-0.25, -0.2) is 9.67 Å². The Morgan fingerprint density at radius 2 is 1.90 bits per heavy atom. The molecule has 0 N–H and O–H groups in total. The Morgan fingerprint density at radius 1 is 1.15 bits per heavy atom. The minimum absolute atomic E-state index is 0.0662. The number of benzene rings is 1. The quantitative estimate of drug-likeness (QED) is 0.678. The number of hydrogen-bond donors (Lipinski definition) is 0. The van der Waals surface area contributed by atoms with Crippen molar-refractivity contribution in [2.24, 2.45) is 7.05 Å². The van der Waals surface area contributed by atoms with E-state index < -0.39 is 0 Å². The molecule has 5 nitrogen and oxygen atoms in total. The van der Waals surface area contributed by atoms with Crippen LogP contribution in [0.1, 0.15) is 17.0 Å². The Morgan fingerprint density at radius 3 is 2.60 bits per heavy atom. The molecule has 2 heterocycles. The molecule has 0 amide bonds. The molecular formula is C15H16N4O. The third-order valence-corrected chi connectivity index (χ3v) is 3.58. The SMILES string of the molecule is Cc1ccc(-n2cc3c(=O)n(C)c(C)nc3n2)c(C)c1. The van der Waals surface area contributed by atoms with Gasteiger partial charge in [0.2, 0.25) is 0 Å². The fourth-order valence-electron chi connectivity index (χ4n) is 2.34. The van der Waals surface area contributed by atoms with Crippen LogP contribution in [0.25, 0.3) is 16.7 Å². The van der Waals surface area contributed by atoms with E-state index in [1.807, 2.05) is 19.1 Å². The van der Waals surface area contributed by atoms with Crippen LogP contribution in [-0.2, 0) is 7.05 Å². The molecule has 0 aliphatic rings. The van der Waals surface area contributed by atoms with Crippen LogP contribution in [0.15, 0.2) is 29.2 Å². The summed E-state index contributed by atoms with van der Waals surface area (Å²) < 4.78 is 3.27. The van der Waals surface area contributed by atoms with Crippen LogP contribution in [0, 0.1) is 20.8 Å². The lowest BCUT2D eigenvalue weighted by atomic mass is 10.1. The second-order valence-corrected chi connectivity index (χ2v) is 5.12. The van der Waals surface area contributed by atoms with Gasteiger partial charge in [0.05, 0.1) is 5.69 Å². The maximum Gasteiger partial charge on any atom is 0.264 e. The molecule has 0 fully saturated rings. The van der Waals surface area contributed by atoms with E-state index in [2.05, 4.69) is 23.1 Å². The van der Waals surface area contributed by atoms with Crippen LogP contribution < -0.4 is 5.56 Å². The molecule has 0 unspecified atom stereocenters. The molecule has 3 aromatic rings. The van der Waals surface area contributed by atoms with Crippen molar-refractivity contribution in [2.75, 3.05) is 0 Å². The maximum absolute atomic E-state index is 12.2. The predicted molar refractivity (Wildman–Crippen MR) is 78.3 cm³/mol. The van der Waals surface area contributed by atoms with Gasteiger partial charge in [-0.3, -0.25) is 9.36 Å². The van der Waals surface area contributed by atoms with Gasteiger partial charge < -0.3 is 0 Å². The average Bonchev–Trinajstić information content (AvgIpc) is 2.80. The van der Waals surface area contributed by atoms with E-state index in [1.54, 1.807) is 24.9 Å². The smallest absolute Gasteiger partial charge is 0.264 e. The van der Waals surface area contributed by atoms with Gasteiger partial charge in [0.1, 0.15) is 11.2 Å². The van der Waals surface area contributed by atoms with Crippen molar-refractivity contribution >= 4 is 11.0 Å². The first kappa shape index (κ1) is 12.6. The minimum Gasteiger partial charge on any atom is -0.299 e. The fourth-order valence-corrected chi connectivity index (χ4v) is 2.34. The summed E-state index contributed by atoms with van der Waals surface area (Å²) in [5.41, 5.74) is 3.71. The lowest BCUT2D eigenvalue weighted by molar-refractivity contribution is 0.789. The molecule has 2 aromatic heterocycles. The molecule has 0 radical (unpaired) electrons. The van der Waals surface area contributed by atoms with Crippen molar-refractivity contribution in [1.29, 1.82) is 0 Å². The highest BCUT2D eigenvalue weighted by Gasteiger charge is 2.11. The second kappa shape index (κ2) is 4.30. The van der Waals surface area contributed by atoms with Crippen molar-refractivity contribution in [3.05, 3.63) is 51.7 Å². The molecule has 5 heteroatoms. The number of fused-ring (bicyclic) bond motifs is 1. The van der Waals surface area contributed by atoms with E-state index in [0.717, 1.165) is 11.3 Å². The summed E-state index contributed by atoms with van der Waals surface area (Å²) in [6.45, 7) is 5.89. The van der Waals surface area contributed by atoms with E-state index in [9.17, 15) is 4.79 Å². The monoisotopic (exact) mass is 268 g/mol. The summed E-state index contributed by atoms with van der Waals surface area (Å²) in [6, 6.07) is 6.14. The number of aryl methyl sites for hydroxylation is 3. The predicted octanol–water partition coefficient (Wildman–Crippen LogP) is 2.04. The van der Waals surface area contributed by atoms with Gasteiger partial charge in [0.15, 0.2) is 5.65 Å². The van der Waals surface area contributed by atoms with Crippen molar-refractivity contribution in [2.45, 2.75) is 20.8 Å². The molecular weight excluding hydrogens is 252 g/mol. The summed E-state index contributed by atoms with van der Waals surface area (Å²) in [5, 5.41) is 4.97. The van der Waals surface area contributed by atoms with Crippen molar-refractivity contribution in [3.63, 3.8) is 0 Å². The number of rotatable bonds is 1. The van der Waals surface area contributed by atoms with Gasteiger partial charge in [0, 0.05) is 13.2 Å². The lowest BCUT2D eigenvalue weighted by Gasteiger charge is -2.05. The standard InChI is InChI=1S/C15H16N4O/c1-9-5-6-13(10(2)7-9)19-8-12-14(17-19)16-11(3)18(4)15(12)20/h5-8H,1-4H3. The van der Waals surface area contributed by atoms with Gasteiger partial charge in [-0.1, -0.05) is 17.7 Å². The molecule has 0 atom stereocenters. The molecule has 0 saturated carbocycles. The van der Waals surface area contributed by atoms with Crippen LogP contribution in [0.2, 0.25) is 0 Å². The van der Waals surface area contributed by atoms with Gasteiger partial charge in [-0.15, -0.1) is 5.10 Å². The second-order valence-electron chi connectivity index (χ2n) is 5.12. The summed E-state index contributed by atoms with van der Waals surface area (Å²) in [4.78, 5) is 16.6. The highest BCUT2D eigenvalue weighted by atomic mass is 16.1. The van der Waals surface area contributed by atoms with Gasteiger partial charge in [0.25, 0.3) is 5.56 Å². The van der Waals surface area contributed by atoms with Crippen molar-refractivity contribution in [3.8, 4) is 5.69 Å². The zero-order valence-corrected chi connectivity index (χ0v) is 12.0. The van der Waals surface area contributed by atoms with Crippen LogP contribution in [0.5, 0.6) is 0 Å². The zero-order valence-electron chi connectivity index (χ0n) is 12.0. The first-order valence-electron chi connectivity index (χ1n) is 6.48. The highest BCUT2D eigenvalue weighted by molar-refractivity contribution is 5.73. The topological polar surface area (TPSA) is 52.7 Å². The maximum atomic E-state index is 12.2. The van der Waals surface area contributed by atoms with Gasteiger partial charge >= 0.3 is 0 Å². The molecule has 20 heavy (non-hydrogen) atoms. The van der Waals surface area contributed by atoms with E-state index in [-0.39, 0.29) is 5.56 Å². The molecule has 0 spiro atoms. The Kier molecular flexibility index (Phi) is 2.71. The van der Waals surface area contributed by atoms with E-state index in [0.29, 0.717) is 16.9 Å². The van der Waals surface area contributed by atoms with Crippen molar-refractivity contribution < 1.29 is 0 Å². The number of aromatic nitrogens is 4. The van der Waals surface area contributed by atoms with Crippen LogP contribution >= 0.6 is 0 Å². The summed E-state index contributed by atoms with van der Waals surface area (Å²) >= 11 is 0. The number of nitrogens with zero attached hydrogens (tertiary/aromatic N) is 4. The molecule has 1 aromatic carbocycles. The van der Waals surface area contributed by atoms with E-state index in [1.165, 1.54) is 10.1 Å². The lowest BCUT2D eigenvalue weighted by Crippen LogP contribution is -2.19. The highest BCUT2D eigenvalue weighted by Crippen LogP contribution is 2.17. The minimum atomic E-state index is -0.0662. The Labute approximate surface area is 116 Å². The molecule has 0 saturated heterocycles. The van der Waals surface area contributed by atoms with Gasteiger partial charge in [-0.05, 0) is 32.4 Å². The van der Waals surface area contributed by atoms with Crippen LogP contribution in [0.3, 0.4) is 0 Å². The van der Waals surface area contributed by atoms with Crippen molar-refractivity contribution in [1.82, 2.24) is 19.3 Å². The Balaban J connectivity index is 2.28. The first-order valence-corrected chi connectivity index (χ1v) is 6.48. The van der Waals surface area contributed by atoms with Gasteiger partial charge in [-0.2, -0.15) is 0 Å². The fraction of sp³-hybridized carbons (Fsp3) is 0.267. The molecule has 3 rings (SSSR count). The van der Waals surface area contributed by atoms with Crippen LogP contribution in [-0.4, -0.2) is 19.3 Å². The largest absolute Gasteiger partial charge is 0.299 e. The zero-order chi connectivity index (χ0) is 14.4. The third-order valence-electron chi connectivity index (χ3n) is 3.58. The normalized spacial score (nSPS) is 11.2. The van der Waals surface area contributed by atoms with Crippen LogP contribution in [0.4, 0.5) is 0 Å². The molecule has 0 aliphatic heterocycles. The van der Waals surface area contributed by atoms with E-state index in [4.69, 9.17) is 0 Å². The third kappa shape index (κ3) is 1.82. The van der Waals surface area contributed by atoms with E-state index >= 15 is 0 Å². The molecule has 0 bridgehead atoms. The molecule has 0 aliphatic carbocycles. The summed E-state index contributed by atoms with van der Waals surface area (Å²) in [7, 11) is 1.72. The average molecular weight is 268 g/mol. The Hall–Kier alpha value is -2.43. The molecule has 102 valence electrons. The Bertz CT molecular complexity index is 873. The summed E-state index contributed by atoms with van der Waals surface area (Å²) in [6.07, 6.45) is 1.75.